The highest BCUT2D eigenvalue weighted by molar-refractivity contribution is 9.10. The first-order valence-electron chi connectivity index (χ1n) is 4.92. The number of halogens is 3. The lowest BCUT2D eigenvalue weighted by molar-refractivity contribution is 0.601. The van der Waals surface area contributed by atoms with Gasteiger partial charge in [-0.2, -0.15) is 5.26 Å². The molecular formula is C13H6BrClFNS. The van der Waals surface area contributed by atoms with Gasteiger partial charge in [0, 0.05) is 19.3 Å². The van der Waals surface area contributed by atoms with Crippen LogP contribution in [-0.4, -0.2) is 0 Å². The fourth-order valence-electron chi connectivity index (χ4n) is 1.32. The van der Waals surface area contributed by atoms with E-state index in [2.05, 4.69) is 15.9 Å². The van der Waals surface area contributed by atoms with E-state index in [4.69, 9.17) is 16.9 Å². The fraction of sp³-hybridized carbons (Fsp3) is 0. The zero-order valence-electron chi connectivity index (χ0n) is 8.95. The monoisotopic (exact) mass is 341 g/mol. The van der Waals surface area contributed by atoms with Gasteiger partial charge < -0.3 is 0 Å². The van der Waals surface area contributed by atoms with Crippen molar-refractivity contribution in [2.75, 3.05) is 0 Å². The highest BCUT2D eigenvalue weighted by Gasteiger charge is 2.09. The first kappa shape index (κ1) is 13.4. The molecule has 2 aromatic rings. The summed E-state index contributed by atoms with van der Waals surface area (Å²) >= 11 is 10.3. The third kappa shape index (κ3) is 3.05. The molecule has 0 unspecified atom stereocenters. The van der Waals surface area contributed by atoms with E-state index < -0.39 is 5.82 Å². The average molecular weight is 343 g/mol. The Morgan fingerprint density at radius 3 is 2.50 bits per heavy atom. The van der Waals surface area contributed by atoms with Gasteiger partial charge in [0.15, 0.2) is 0 Å². The molecule has 0 aliphatic heterocycles. The summed E-state index contributed by atoms with van der Waals surface area (Å²) < 4.78 is 14.3. The van der Waals surface area contributed by atoms with E-state index in [1.807, 2.05) is 18.2 Å². The van der Waals surface area contributed by atoms with Crippen molar-refractivity contribution in [1.29, 1.82) is 5.26 Å². The number of benzene rings is 2. The molecule has 0 spiro atoms. The van der Waals surface area contributed by atoms with Crippen molar-refractivity contribution < 1.29 is 4.39 Å². The number of nitriles is 1. The second-order valence-corrected chi connectivity index (χ2v) is 5.84. The van der Waals surface area contributed by atoms with Gasteiger partial charge in [-0.3, -0.25) is 0 Å². The van der Waals surface area contributed by atoms with Crippen molar-refractivity contribution in [2.24, 2.45) is 0 Å². The van der Waals surface area contributed by atoms with Crippen LogP contribution in [0.5, 0.6) is 0 Å². The van der Waals surface area contributed by atoms with Gasteiger partial charge in [-0.1, -0.05) is 23.4 Å². The summed E-state index contributed by atoms with van der Waals surface area (Å²) in [4.78, 5) is 1.35. The summed E-state index contributed by atoms with van der Waals surface area (Å²) in [5, 5.41) is 9.43. The van der Waals surface area contributed by atoms with Crippen LogP contribution in [0.15, 0.2) is 50.7 Å². The third-order valence-corrected chi connectivity index (χ3v) is 4.13. The van der Waals surface area contributed by atoms with Crippen LogP contribution in [0.4, 0.5) is 4.39 Å². The molecule has 0 atom stereocenters. The maximum atomic E-state index is 13.8. The Bertz CT molecular complexity index is 622. The van der Waals surface area contributed by atoms with Gasteiger partial charge in [0.2, 0.25) is 0 Å². The Morgan fingerprint density at radius 2 is 1.89 bits per heavy atom. The van der Waals surface area contributed by atoms with E-state index in [0.29, 0.717) is 14.4 Å². The van der Waals surface area contributed by atoms with Crippen LogP contribution < -0.4 is 0 Å². The van der Waals surface area contributed by atoms with E-state index in [1.165, 1.54) is 17.8 Å². The molecule has 0 aliphatic carbocycles. The van der Waals surface area contributed by atoms with Crippen molar-refractivity contribution in [3.8, 4) is 6.07 Å². The Labute approximate surface area is 122 Å². The van der Waals surface area contributed by atoms with Gasteiger partial charge in [-0.05, 0) is 52.3 Å². The van der Waals surface area contributed by atoms with Gasteiger partial charge >= 0.3 is 0 Å². The van der Waals surface area contributed by atoms with E-state index in [-0.39, 0.29) is 5.56 Å². The molecule has 0 heterocycles. The molecule has 18 heavy (non-hydrogen) atoms. The Kier molecular flexibility index (Phi) is 4.28. The molecule has 0 aliphatic rings. The van der Waals surface area contributed by atoms with E-state index >= 15 is 0 Å². The van der Waals surface area contributed by atoms with Crippen molar-refractivity contribution in [3.63, 3.8) is 0 Å². The third-order valence-electron chi connectivity index (χ3n) is 2.18. The quantitative estimate of drug-likeness (QED) is 0.743. The summed E-state index contributed by atoms with van der Waals surface area (Å²) in [5.41, 5.74) is 0.285. The van der Waals surface area contributed by atoms with Crippen molar-refractivity contribution in [1.82, 2.24) is 0 Å². The largest absolute Gasteiger partial charge is 0.206 e. The predicted octanol–water partition coefficient (Wildman–Crippen LogP) is 5.26. The van der Waals surface area contributed by atoms with Gasteiger partial charge in [0.05, 0.1) is 5.56 Å². The fourth-order valence-corrected chi connectivity index (χ4v) is 2.89. The molecular weight excluding hydrogens is 337 g/mol. The van der Waals surface area contributed by atoms with Gasteiger partial charge in [0.25, 0.3) is 0 Å². The molecule has 90 valence electrons. The lowest BCUT2D eigenvalue weighted by Crippen LogP contribution is -1.86. The number of rotatable bonds is 2. The molecule has 0 saturated heterocycles. The molecule has 0 N–H and O–H groups in total. The van der Waals surface area contributed by atoms with E-state index in [9.17, 15) is 4.39 Å². The minimum absolute atomic E-state index is 0.285. The standard InChI is InChI=1S/C13H6BrClFNS/c14-11-6-13(12(16)5-8(11)7-17)18-10-3-1-9(15)2-4-10/h1-6H. The molecule has 2 rings (SSSR count). The molecule has 0 radical (unpaired) electrons. The maximum Gasteiger partial charge on any atom is 0.138 e. The lowest BCUT2D eigenvalue weighted by atomic mass is 10.2. The number of hydrogen-bond acceptors (Lipinski definition) is 2. The minimum Gasteiger partial charge on any atom is -0.206 e. The minimum atomic E-state index is -0.408. The summed E-state index contributed by atoms with van der Waals surface area (Å²) in [6.07, 6.45) is 0. The van der Waals surface area contributed by atoms with Crippen LogP contribution in [0, 0.1) is 17.1 Å². The van der Waals surface area contributed by atoms with Gasteiger partial charge in [-0.15, -0.1) is 0 Å². The first-order chi connectivity index (χ1) is 8.60. The molecule has 0 amide bonds. The molecule has 0 saturated carbocycles. The SMILES string of the molecule is N#Cc1cc(F)c(Sc2ccc(Cl)cc2)cc1Br. The summed E-state index contributed by atoms with van der Waals surface area (Å²) in [6.45, 7) is 0. The van der Waals surface area contributed by atoms with Crippen molar-refractivity contribution >= 4 is 39.3 Å². The molecule has 0 aromatic heterocycles. The van der Waals surface area contributed by atoms with Crippen LogP contribution >= 0.6 is 39.3 Å². The second kappa shape index (κ2) is 5.75. The lowest BCUT2D eigenvalue weighted by Gasteiger charge is -2.05. The maximum absolute atomic E-state index is 13.8. The summed E-state index contributed by atoms with van der Waals surface area (Å²) in [6, 6.07) is 11.9. The topological polar surface area (TPSA) is 23.8 Å². The van der Waals surface area contributed by atoms with Crippen LogP contribution in [0.3, 0.4) is 0 Å². The second-order valence-electron chi connectivity index (χ2n) is 3.43. The van der Waals surface area contributed by atoms with E-state index in [0.717, 1.165) is 4.90 Å². The Balaban J connectivity index is 2.32. The summed E-state index contributed by atoms with van der Waals surface area (Å²) in [7, 11) is 0. The van der Waals surface area contributed by atoms with Gasteiger partial charge in [0.1, 0.15) is 11.9 Å². The molecule has 1 nitrogen and oxygen atoms in total. The highest BCUT2D eigenvalue weighted by Crippen LogP contribution is 2.33. The highest BCUT2D eigenvalue weighted by atomic mass is 79.9. The van der Waals surface area contributed by atoms with Crippen LogP contribution in [0.25, 0.3) is 0 Å². The zero-order chi connectivity index (χ0) is 13.1. The molecule has 0 bridgehead atoms. The van der Waals surface area contributed by atoms with E-state index in [1.54, 1.807) is 18.2 Å². The number of nitrogens with zero attached hydrogens (tertiary/aromatic N) is 1. The summed E-state index contributed by atoms with van der Waals surface area (Å²) in [5.74, 6) is -0.408. The normalized spacial score (nSPS) is 10.1. The average Bonchev–Trinajstić information content (AvgIpc) is 2.36. The van der Waals surface area contributed by atoms with Gasteiger partial charge in [-0.25, -0.2) is 4.39 Å². The molecule has 0 fully saturated rings. The smallest absolute Gasteiger partial charge is 0.138 e. The Hall–Kier alpha value is -1.02. The van der Waals surface area contributed by atoms with Crippen LogP contribution in [-0.2, 0) is 0 Å². The van der Waals surface area contributed by atoms with Crippen molar-refractivity contribution in [2.45, 2.75) is 9.79 Å². The first-order valence-corrected chi connectivity index (χ1v) is 6.91. The predicted molar refractivity (Wildman–Crippen MR) is 74.4 cm³/mol. The van der Waals surface area contributed by atoms with Crippen LogP contribution in [0.2, 0.25) is 5.02 Å². The molecule has 5 heteroatoms. The Morgan fingerprint density at radius 1 is 1.22 bits per heavy atom. The van der Waals surface area contributed by atoms with Crippen molar-refractivity contribution in [3.05, 3.63) is 57.3 Å². The van der Waals surface area contributed by atoms with Crippen LogP contribution in [0.1, 0.15) is 5.56 Å². The number of hydrogen-bond donors (Lipinski definition) is 0. The zero-order valence-corrected chi connectivity index (χ0v) is 12.1. The molecule has 2 aromatic carbocycles.